The summed E-state index contributed by atoms with van der Waals surface area (Å²) >= 11 is 0. The van der Waals surface area contributed by atoms with E-state index in [4.69, 9.17) is 5.73 Å². The highest BCUT2D eigenvalue weighted by Crippen LogP contribution is 2.34. The smallest absolute Gasteiger partial charge is 0.243 e. The number of β-amino-alcohol motifs (C(OH)–C–C–N with tert-alkyl or cyclic N) is 1. The number of nitrogens with two attached hydrogens (primary N) is 1. The second kappa shape index (κ2) is 4.36. The van der Waals surface area contributed by atoms with E-state index in [-0.39, 0.29) is 35.3 Å². The molecule has 0 aliphatic carbocycles. The molecule has 1 aliphatic heterocycles. The number of hydrogen-bond acceptors (Lipinski definition) is 5. The predicted octanol–water partition coefficient (Wildman–Crippen LogP) is 0.366. The van der Waals surface area contributed by atoms with Gasteiger partial charge in [-0.3, -0.25) is 0 Å². The first-order valence-electron chi connectivity index (χ1n) is 5.98. The van der Waals surface area contributed by atoms with Gasteiger partial charge in [0.25, 0.3) is 0 Å². The van der Waals surface area contributed by atoms with Crippen LogP contribution in [0.15, 0.2) is 23.1 Å². The van der Waals surface area contributed by atoms with Crippen molar-refractivity contribution in [3.05, 3.63) is 18.2 Å². The van der Waals surface area contributed by atoms with Gasteiger partial charge in [0.1, 0.15) is 5.75 Å². The second-order valence-electron chi connectivity index (χ2n) is 5.25. The number of nitrogens with zero attached hydrogens (tertiary/aromatic N) is 1. The Labute approximate surface area is 112 Å². The van der Waals surface area contributed by atoms with Crippen LogP contribution in [0.4, 0.5) is 5.69 Å². The van der Waals surface area contributed by atoms with Crippen LogP contribution in [0.25, 0.3) is 0 Å². The Morgan fingerprint density at radius 1 is 1.37 bits per heavy atom. The number of nitrogen functional groups attached to an aromatic ring is 1. The third kappa shape index (κ3) is 2.29. The Bertz CT molecular complexity index is 592. The van der Waals surface area contributed by atoms with Crippen LogP contribution in [0, 0.1) is 5.92 Å². The number of phenolic OH excluding ortho intramolecular Hbond substituents is 1. The molecule has 1 aromatic carbocycles. The van der Waals surface area contributed by atoms with Crippen molar-refractivity contribution < 1.29 is 18.6 Å². The van der Waals surface area contributed by atoms with Crippen LogP contribution < -0.4 is 5.73 Å². The zero-order valence-corrected chi connectivity index (χ0v) is 11.7. The minimum absolute atomic E-state index is 0.0103. The van der Waals surface area contributed by atoms with Crippen LogP contribution in [-0.2, 0) is 10.0 Å². The topological polar surface area (TPSA) is 104 Å². The summed E-state index contributed by atoms with van der Waals surface area (Å²) in [5.41, 5.74) is 4.55. The molecular weight excluding hydrogens is 268 g/mol. The number of rotatable bonds is 3. The Hall–Kier alpha value is -1.31. The molecular formula is C12H18N2O4S. The maximum absolute atomic E-state index is 12.3. The molecule has 0 spiro atoms. The highest BCUT2D eigenvalue weighted by atomic mass is 32.2. The van der Waals surface area contributed by atoms with Crippen LogP contribution in [-0.4, -0.2) is 41.6 Å². The molecule has 4 N–H and O–H groups in total. The summed E-state index contributed by atoms with van der Waals surface area (Å²) in [4.78, 5) is 0.0219. The molecule has 1 fully saturated rings. The van der Waals surface area contributed by atoms with Crippen LogP contribution in [0.1, 0.15) is 13.8 Å². The summed E-state index contributed by atoms with van der Waals surface area (Å²) in [5, 5.41) is 19.4. The number of aromatic hydroxyl groups is 1. The van der Waals surface area contributed by atoms with Gasteiger partial charge in [-0.25, -0.2) is 8.42 Å². The standard InChI is InChI=1S/C12H18N2O4S/c1-8(2)12(16)6-14(7-12)19(17,18)9-3-4-11(15)10(13)5-9/h3-5,8,15-16H,6-7,13H2,1-2H3. The molecule has 0 bridgehead atoms. The molecule has 19 heavy (non-hydrogen) atoms. The zero-order chi connectivity index (χ0) is 14.4. The van der Waals surface area contributed by atoms with E-state index < -0.39 is 15.6 Å². The van der Waals surface area contributed by atoms with Gasteiger partial charge in [0, 0.05) is 13.1 Å². The second-order valence-corrected chi connectivity index (χ2v) is 7.19. The van der Waals surface area contributed by atoms with Crippen molar-refractivity contribution in [1.29, 1.82) is 0 Å². The predicted molar refractivity (Wildman–Crippen MR) is 71.1 cm³/mol. The third-order valence-corrected chi connectivity index (χ3v) is 5.40. The number of sulfonamides is 1. The molecule has 0 radical (unpaired) electrons. The molecule has 1 saturated heterocycles. The first-order chi connectivity index (χ1) is 8.67. The summed E-state index contributed by atoms with van der Waals surface area (Å²) in [6.07, 6.45) is 0. The average molecular weight is 286 g/mol. The van der Waals surface area contributed by atoms with Crippen molar-refractivity contribution in [2.45, 2.75) is 24.3 Å². The highest BCUT2D eigenvalue weighted by molar-refractivity contribution is 7.89. The van der Waals surface area contributed by atoms with E-state index in [1.807, 2.05) is 13.8 Å². The molecule has 1 heterocycles. The summed E-state index contributed by atoms with van der Waals surface area (Å²) < 4.78 is 25.7. The van der Waals surface area contributed by atoms with Gasteiger partial charge in [-0.1, -0.05) is 13.8 Å². The van der Waals surface area contributed by atoms with Crippen molar-refractivity contribution in [1.82, 2.24) is 4.31 Å². The normalized spacial score (nSPS) is 19.4. The lowest BCUT2D eigenvalue weighted by Crippen LogP contribution is -2.65. The Morgan fingerprint density at radius 2 is 1.95 bits per heavy atom. The van der Waals surface area contributed by atoms with Crippen molar-refractivity contribution in [2.24, 2.45) is 5.92 Å². The molecule has 6 nitrogen and oxygen atoms in total. The minimum atomic E-state index is -3.66. The Morgan fingerprint density at radius 3 is 2.42 bits per heavy atom. The third-order valence-electron chi connectivity index (χ3n) is 3.61. The number of benzene rings is 1. The zero-order valence-electron chi connectivity index (χ0n) is 10.9. The van der Waals surface area contributed by atoms with E-state index in [1.54, 1.807) is 0 Å². The number of phenols is 1. The van der Waals surface area contributed by atoms with Crippen molar-refractivity contribution in [3.63, 3.8) is 0 Å². The molecule has 0 unspecified atom stereocenters. The first kappa shape index (κ1) is 14.1. The quantitative estimate of drug-likeness (QED) is 0.550. The molecule has 1 aromatic rings. The molecule has 1 aliphatic rings. The van der Waals surface area contributed by atoms with Gasteiger partial charge in [0.05, 0.1) is 16.2 Å². The van der Waals surface area contributed by atoms with Crippen LogP contribution in [0.2, 0.25) is 0 Å². The van der Waals surface area contributed by atoms with E-state index in [0.717, 1.165) is 0 Å². The summed E-state index contributed by atoms with van der Waals surface area (Å²) in [6.45, 7) is 3.85. The molecule has 106 valence electrons. The van der Waals surface area contributed by atoms with E-state index >= 15 is 0 Å². The average Bonchev–Trinajstić information content (AvgIpc) is 2.27. The van der Waals surface area contributed by atoms with Gasteiger partial charge in [-0.05, 0) is 24.1 Å². The number of anilines is 1. The molecule has 2 rings (SSSR count). The van der Waals surface area contributed by atoms with Gasteiger partial charge in [-0.2, -0.15) is 4.31 Å². The lowest BCUT2D eigenvalue weighted by Gasteiger charge is -2.47. The minimum Gasteiger partial charge on any atom is -0.506 e. The monoisotopic (exact) mass is 286 g/mol. The molecule has 0 atom stereocenters. The number of hydrogen-bond donors (Lipinski definition) is 3. The van der Waals surface area contributed by atoms with Gasteiger partial charge >= 0.3 is 0 Å². The van der Waals surface area contributed by atoms with Crippen LogP contribution in [0.3, 0.4) is 0 Å². The fourth-order valence-electron chi connectivity index (χ4n) is 1.94. The van der Waals surface area contributed by atoms with Gasteiger partial charge < -0.3 is 15.9 Å². The maximum atomic E-state index is 12.3. The maximum Gasteiger partial charge on any atom is 0.243 e. The van der Waals surface area contributed by atoms with Gasteiger partial charge in [-0.15, -0.1) is 0 Å². The van der Waals surface area contributed by atoms with Gasteiger partial charge in [0.2, 0.25) is 10.0 Å². The van der Waals surface area contributed by atoms with E-state index in [0.29, 0.717) is 0 Å². The molecule has 7 heteroatoms. The van der Waals surface area contributed by atoms with Crippen molar-refractivity contribution in [2.75, 3.05) is 18.8 Å². The lowest BCUT2D eigenvalue weighted by molar-refractivity contribution is -0.0932. The van der Waals surface area contributed by atoms with E-state index in [2.05, 4.69) is 0 Å². The first-order valence-corrected chi connectivity index (χ1v) is 7.42. The van der Waals surface area contributed by atoms with Gasteiger partial charge in [0.15, 0.2) is 0 Å². The van der Waals surface area contributed by atoms with Crippen molar-refractivity contribution in [3.8, 4) is 5.75 Å². The summed E-state index contributed by atoms with van der Waals surface area (Å²) in [6, 6.07) is 3.77. The van der Waals surface area contributed by atoms with Crippen LogP contribution >= 0.6 is 0 Å². The molecule has 0 aromatic heterocycles. The molecule has 0 amide bonds. The van der Waals surface area contributed by atoms with E-state index in [9.17, 15) is 18.6 Å². The van der Waals surface area contributed by atoms with Crippen LogP contribution in [0.5, 0.6) is 5.75 Å². The summed E-state index contributed by atoms with van der Waals surface area (Å²) in [7, 11) is -3.66. The Kier molecular flexibility index (Phi) is 3.24. The largest absolute Gasteiger partial charge is 0.506 e. The lowest BCUT2D eigenvalue weighted by atomic mass is 9.85. The highest BCUT2D eigenvalue weighted by Gasteiger charge is 2.49. The molecule has 0 saturated carbocycles. The fourth-order valence-corrected chi connectivity index (χ4v) is 3.54. The Balaban J connectivity index is 2.23. The SMILES string of the molecule is CC(C)C1(O)CN(S(=O)(=O)c2ccc(O)c(N)c2)C1. The van der Waals surface area contributed by atoms with E-state index in [1.165, 1.54) is 22.5 Å². The van der Waals surface area contributed by atoms with Crippen molar-refractivity contribution >= 4 is 15.7 Å². The number of aliphatic hydroxyl groups is 1. The summed E-state index contributed by atoms with van der Waals surface area (Å²) in [5.74, 6) is -0.162. The fraction of sp³-hybridized carbons (Fsp3) is 0.500.